The number of fused-ring (bicyclic) bond motifs is 3. The number of sulfonamides is 1. The van der Waals surface area contributed by atoms with Crippen molar-refractivity contribution in [2.24, 2.45) is 0 Å². The van der Waals surface area contributed by atoms with Crippen LogP contribution in [0.25, 0.3) is 16.7 Å². The Kier molecular flexibility index (Phi) is 5.23. The molecule has 0 fully saturated rings. The van der Waals surface area contributed by atoms with Crippen LogP contribution in [0.4, 0.5) is 5.69 Å². The average Bonchev–Trinajstić information content (AvgIpc) is 3.30. The van der Waals surface area contributed by atoms with Crippen molar-refractivity contribution in [3.05, 3.63) is 78.1 Å². The monoisotopic (exact) mass is 481 g/mol. The molecule has 3 aromatic carbocycles. The van der Waals surface area contributed by atoms with Gasteiger partial charge in [0.05, 0.1) is 23.8 Å². The maximum atomic E-state index is 13.0. The van der Waals surface area contributed by atoms with Crippen molar-refractivity contribution in [1.29, 1.82) is 0 Å². The Morgan fingerprint density at radius 3 is 2.73 bits per heavy atom. The molecule has 2 heterocycles. The number of ether oxygens (including phenoxy) is 2. The molecule has 0 unspecified atom stereocenters. The molecule has 0 aliphatic carbocycles. The molecule has 0 aliphatic heterocycles. The lowest BCUT2D eigenvalue weighted by molar-refractivity contribution is 0.403. The Bertz CT molecular complexity index is 1600. The van der Waals surface area contributed by atoms with Gasteiger partial charge in [0.15, 0.2) is 0 Å². The van der Waals surface area contributed by atoms with E-state index in [1.165, 1.54) is 25.3 Å². The van der Waals surface area contributed by atoms with Gasteiger partial charge in [-0.15, -0.1) is 10.2 Å². The number of nitrogens with zero attached hydrogens (tertiary/aromatic N) is 4. The highest BCUT2D eigenvalue weighted by Crippen LogP contribution is 2.31. The Labute approximate surface area is 193 Å². The number of hydrogen-bond donors (Lipinski definition) is 1. The fraction of sp³-hybridized carbons (Fsp3) is 0.0455. The van der Waals surface area contributed by atoms with E-state index in [4.69, 9.17) is 21.1 Å². The van der Waals surface area contributed by atoms with E-state index in [1.807, 2.05) is 24.3 Å². The molecule has 2 aromatic heterocycles. The number of hydrogen-bond acceptors (Lipinski definition) is 7. The van der Waals surface area contributed by atoms with Crippen molar-refractivity contribution in [1.82, 2.24) is 19.6 Å². The molecule has 0 atom stereocenters. The molecule has 0 aliphatic rings. The number of aromatic nitrogens is 4. The fourth-order valence-corrected chi connectivity index (χ4v) is 4.84. The van der Waals surface area contributed by atoms with Crippen LogP contribution in [0.2, 0.25) is 5.02 Å². The summed E-state index contributed by atoms with van der Waals surface area (Å²) < 4.78 is 41.4. The predicted molar refractivity (Wildman–Crippen MR) is 124 cm³/mol. The first-order valence-electron chi connectivity index (χ1n) is 9.67. The molecule has 9 nitrogen and oxygen atoms in total. The van der Waals surface area contributed by atoms with Gasteiger partial charge in [-0.25, -0.2) is 13.4 Å². The number of anilines is 1. The van der Waals surface area contributed by atoms with Gasteiger partial charge in [0.2, 0.25) is 5.65 Å². The number of methoxy groups -OCH3 is 1. The van der Waals surface area contributed by atoms with Crippen molar-refractivity contribution in [3.8, 4) is 17.4 Å². The van der Waals surface area contributed by atoms with Crippen molar-refractivity contribution in [2.75, 3.05) is 11.8 Å². The zero-order valence-corrected chi connectivity index (χ0v) is 18.7. The maximum absolute atomic E-state index is 13.0. The SMILES string of the molecule is COc1ccc(Cl)cc1S(=O)(=O)Nc1cccc(Oc2nc3ccccc3n3cnnc23)c1. The summed E-state index contributed by atoms with van der Waals surface area (Å²) in [4.78, 5) is 4.46. The van der Waals surface area contributed by atoms with Gasteiger partial charge >= 0.3 is 0 Å². The first-order chi connectivity index (χ1) is 15.9. The van der Waals surface area contributed by atoms with Crippen LogP contribution in [0.5, 0.6) is 17.4 Å². The summed E-state index contributed by atoms with van der Waals surface area (Å²) >= 11 is 5.99. The quantitative estimate of drug-likeness (QED) is 0.379. The van der Waals surface area contributed by atoms with E-state index in [1.54, 1.807) is 35.0 Å². The van der Waals surface area contributed by atoms with Crippen molar-refractivity contribution >= 4 is 44.0 Å². The van der Waals surface area contributed by atoms with Crippen LogP contribution in [0.3, 0.4) is 0 Å². The standard InChI is InChI=1S/C22H16ClN5O4S/c1-31-19-10-9-14(23)11-20(19)33(29,30)27-15-5-4-6-16(12-15)32-22-21-26-24-13-28(21)18-8-3-2-7-17(18)25-22/h2-13,27H,1H3. The van der Waals surface area contributed by atoms with Crippen LogP contribution >= 0.6 is 11.6 Å². The normalized spacial score (nSPS) is 11.6. The first-order valence-corrected chi connectivity index (χ1v) is 11.5. The highest BCUT2D eigenvalue weighted by Gasteiger charge is 2.21. The minimum atomic E-state index is -3.98. The van der Waals surface area contributed by atoms with Crippen molar-refractivity contribution in [2.45, 2.75) is 4.90 Å². The highest BCUT2D eigenvalue weighted by atomic mass is 35.5. The van der Waals surface area contributed by atoms with Crippen LogP contribution in [-0.2, 0) is 10.0 Å². The van der Waals surface area contributed by atoms with Crippen molar-refractivity contribution in [3.63, 3.8) is 0 Å². The Balaban J connectivity index is 1.48. The topological polar surface area (TPSA) is 108 Å². The molecule has 0 amide bonds. The van der Waals surface area contributed by atoms with E-state index in [-0.39, 0.29) is 27.2 Å². The Morgan fingerprint density at radius 2 is 1.88 bits per heavy atom. The molecule has 11 heteroatoms. The summed E-state index contributed by atoms with van der Waals surface area (Å²) in [5.74, 6) is 0.775. The molecule has 166 valence electrons. The molecular weight excluding hydrogens is 466 g/mol. The van der Waals surface area contributed by atoms with Gasteiger partial charge in [0.25, 0.3) is 15.9 Å². The van der Waals surface area contributed by atoms with Crippen molar-refractivity contribution < 1.29 is 17.9 Å². The van der Waals surface area contributed by atoms with Crippen LogP contribution in [0.15, 0.2) is 78.0 Å². The Morgan fingerprint density at radius 1 is 1.03 bits per heavy atom. The van der Waals surface area contributed by atoms with Gasteiger partial charge in [-0.05, 0) is 42.5 Å². The largest absolute Gasteiger partial charge is 0.495 e. The smallest absolute Gasteiger partial charge is 0.266 e. The van der Waals surface area contributed by atoms with Gasteiger partial charge in [-0.1, -0.05) is 29.8 Å². The van der Waals surface area contributed by atoms with Crippen LogP contribution < -0.4 is 14.2 Å². The third-order valence-corrected chi connectivity index (χ3v) is 6.46. The second kappa shape index (κ2) is 8.23. The summed E-state index contributed by atoms with van der Waals surface area (Å²) in [6.45, 7) is 0. The van der Waals surface area contributed by atoms with Gasteiger partial charge in [0.1, 0.15) is 22.7 Å². The summed E-state index contributed by atoms with van der Waals surface area (Å²) in [6, 6.07) is 18.4. The van der Waals surface area contributed by atoms with Gasteiger partial charge in [0, 0.05) is 11.1 Å². The Hall–Kier alpha value is -3.89. The molecule has 5 aromatic rings. The molecule has 0 spiro atoms. The second-order valence-corrected chi connectivity index (χ2v) is 9.05. The second-order valence-electron chi connectivity index (χ2n) is 6.96. The van der Waals surface area contributed by atoms with Gasteiger partial charge < -0.3 is 9.47 Å². The van der Waals surface area contributed by atoms with Gasteiger partial charge in [-0.2, -0.15) is 0 Å². The summed E-state index contributed by atoms with van der Waals surface area (Å²) in [5.41, 5.74) is 2.25. The molecule has 1 N–H and O–H groups in total. The van der Waals surface area contributed by atoms with E-state index < -0.39 is 10.0 Å². The molecule has 0 bridgehead atoms. The van der Waals surface area contributed by atoms with E-state index in [2.05, 4.69) is 19.9 Å². The predicted octanol–water partition coefficient (Wildman–Crippen LogP) is 4.53. The molecule has 0 radical (unpaired) electrons. The summed E-state index contributed by atoms with van der Waals surface area (Å²) in [7, 11) is -2.59. The number of halogens is 1. The zero-order valence-electron chi connectivity index (χ0n) is 17.1. The highest BCUT2D eigenvalue weighted by molar-refractivity contribution is 7.92. The third kappa shape index (κ3) is 4.01. The molecule has 33 heavy (non-hydrogen) atoms. The summed E-state index contributed by atoms with van der Waals surface area (Å²) in [5, 5.41) is 8.33. The number of benzene rings is 3. The molecule has 5 rings (SSSR count). The van der Waals surface area contributed by atoms with E-state index in [9.17, 15) is 8.42 Å². The lowest BCUT2D eigenvalue weighted by Gasteiger charge is -2.13. The van der Waals surface area contributed by atoms with E-state index in [0.29, 0.717) is 16.9 Å². The lowest BCUT2D eigenvalue weighted by Crippen LogP contribution is -2.14. The molecular formula is C22H16ClN5O4S. The molecule has 0 saturated carbocycles. The van der Waals surface area contributed by atoms with Crippen LogP contribution in [-0.4, -0.2) is 35.1 Å². The first kappa shape index (κ1) is 21.0. The van der Waals surface area contributed by atoms with Crippen LogP contribution in [0, 0.1) is 0 Å². The molecule has 0 saturated heterocycles. The van der Waals surface area contributed by atoms with Crippen LogP contribution in [0.1, 0.15) is 0 Å². The zero-order chi connectivity index (χ0) is 23.0. The van der Waals surface area contributed by atoms with E-state index in [0.717, 1.165) is 5.52 Å². The average molecular weight is 482 g/mol. The van der Waals surface area contributed by atoms with Gasteiger partial charge in [-0.3, -0.25) is 9.12 Å². The number of nitrogens with one attached hydrogen (secondary N) is 1. The maximum Gasteiger partial charge on any atom is 0.266 e. The lowest BCUT2D eigenvalue weighted by atomic mass is 10.3. The summed E-state index contributed by atoms with van der Waals surface area (Å²) in [6.07, 6.45) is 1.58. The third-order valence-electron chi connectivity index (χ3n) is 4.82. The fourth-order valence-electron chi connectivity index (χ4n) is 3.35. The minimum absolute atomic E-state index is 0.0785. The number of para-hydroxylation sites is 2. The number of rotatable bonds is 6. The minimum Gasteiger partial charge on any atom is -0.495 e. The van der Waals surface area contributed by atoms with E-state index >= 15 is 0 Å².